The summed E-state index contributed by atoms with van der Waals surface area (Å²) in [6.45, 7) is 2.40. The zero-order valence-electron chi connectivity index (χ0n) is 11.0. The van der Waals surface area contributed by atoms with E-state index in [1.165, 1.54) is 6.26 Å². The van der Waals surface area contributed by atoms with Crippen molar-refractivity contribution in [3.8, 4) is 11.3 Å². The van der Waals surface area contributed by atoms with Crippen LogP contribution in [-0.4, -0.2) is 37.2 Å². The van der Waals surface area contributed by atoms with E-state index in [9.17, 15) is 8.42 Å². The van der Waals surface area contributed by atoms with Crippen molar-refractivity contribution in [1.82, 2.24) is 10.2 Å². The van der Waals surface area contributed by atoms with Gasteiger partial charge in [-0.3, -0.25) is 5.10 Å². The molecule has 0 unspecified atom stereocenters. The van der Waals surface area contributed by atoms with Crippen molar-refractivity contribution in [3.63, 3.8) is 0 Å². The Morgan fingerprint density at radius 2 is 2.16 bits per heavy atom. The Bertz CT molecular complexity index is 662. The summed E-state index contributed by atoms with van der Waals surface area (Å²) in [6, 6.07) is 7.81. The molecule has 5 nitrogen and oxygen atoms in total. The smallest absolute Gasteiger partial charge is 0.149 e. The molecule has 0 saturated heterocycles. The Kier molecular flexibility index (Phi) is 3.90. The molecule has 1 aromatic heterocycles. The van der Waals surface area contributed by atoms with E-state index in [1.807, 2.05) is 31.2 Å². The second kappa shape index (κ2) is 5.44. The van der Waals surface area contributed by atoms with Crippen molar-refractivity contribution in [1.29, 1.82) is 0 Å². The van der Waals surface area contributed by atoms with Crippen LogP contribution < -0.4 is 5.32 Å². The maximum absolute atomic E-state index is 11.1. The number of hydrogen-bond donors (Lipinski definition) is 2. The maximum atomic E-state index is 11.1. The van der Waals surface area contributed by atoms with E-state index in [-0.39, 0.29) is 5.75 Å². The third-order valence-electron chi connectivity index (χ3n) is 2.78. The summed E-state index contributed by atoms with van der Waals surface area (Å²) in [6.07, 6.45) is 3.01. The number of aryl methyl sites for hydroxylation is 1. The quantitative estimate of drug-likeness (QED) is 0.875. The lowest BCUT2D eigenvalue weighted by molar-refractivity contribution is 0.602. The molecule has 0 bridgehead atoms. The van der Waals surface area contributed by atoms with Crippen LogP contribution in [0.15, 0.2) is 30.5 Å². The fraction of sp³-hybridized carbons (Fsp3) is 0.308. The first-order valence-corrected chi connectivity index (χ1v) is 8.04. The molecule has 1 aromatic carbocycles. The van der Waals surface area contributed by atoms with Gasteiger partial charge >= 0.3 is 0 Å². The van der Waals surface area contributed by atoms with Crippen molar-refractivity contribution < 1.29 is 8.42 Å². The molecule has 0 fully saturated rings. The summed E-state index contributed by atoms with van der Waals surface area (Å²) < 4.78 is 22.1. The van der Waals surface area contributed by atoms with E-state index in [0.717, 1.165) is 22.5 Å². The van der Waals surface area contributed by atoms with Crippen molar-refractivity contribution in [2.75, 3.05) is 23.9 Å². The van der Waals surface area contributed by atoms with Gasteiger partial charge in [-0.1, -0.05) is 12.1 Å². The van der Waals surface area contributed by atoms with Crippen LogP contribution in [0, 0.1) is 6.92 Å². The number of anilines is 1. The highest BCUT2D eigenvalue weighted by molar-refractivity contribution is 7.90. The summed E-state index contributed by atoms with van der Waals surface area (Å²) in [5.74, 6) is 0.125. The predicted octanol–water partition coefficient (Wildman–Crippen LogP) is 1.84. The topological polar surface area (TPSA) is 74.8 Å². The highest BCUT2D eigenvalue weighted by Crippen LogP contribution is 2.23. The summed E-state index contributed by atoms with van der Waals surface area (Å²) in [5, 5.41) is 10.1. The number of benzene rings is 1. The Balaban J connectivity index is 2.10. The van der Waals surface area contributed by atoms with Crippen LogP contribution in [0.2, 0.25) is 0 Å². The first-order valence-electron chi connectivity index (χ1n) is 5.98. The largest absolute Gasteiger partial charge is 0.384 e. The molecule has 0 amide bonds. The van der Waals surface area contributed by atoms with Gasteiger partial charge in [0.1, 0.15) is 9.84 Å². The summed E-state index contributed by atoms with van der Waals surface area (Å²) in [4.78, 5) is 0. The molecule has 2 aromatic rings. The van der Waals surface area contributed by atoms with Gasteiger partial charge in [-0.15, -0.1) is 0 Å². The summed E-state index contributed by atoms with van der Waals surface area (Å²) in [5.41, 5.74) is 3.98. The molecule has 1 heterocycles. The van der Waals surface area contributed by atoms with E-state index >= 15 is 0 Å². The van der Waals surface area contributed by atoms with Crippen LogP contribution in [0.5, 0.6) is 0 Å². The van der Waals surface area contributed by atoms with Crippen LogP contribution in [0.4, 0.5) is 5.69 Å². The van der Waals surface area contributed by atoms with Gasteiger partial charge in [0.05, 0.1) is 17.6 Å². The van der Waals surface area contributed by atoms with Crippen molar-refractivity contribution in [2.45, 2.75) is 6.92 Å². The molecule has 102 valence electrons. The average molecular weight is 279 g/mol. The normalized spacial score (nSPS) is 11.5. The number of rotatable bonds is 5. The molecule has 19 heavy (non-hydrogen) atoms. The zero-order chi connectivity index (χ0) is 13.9. The Morgan fingerprint density at radius 1 is 1.37 bits per heavy atom. The third-order valence-corrected chi connectivity index (χ3v) is 3.73. The van der Waals surface area contributed by atoms with E-state index < -0.39 is 9.84 Å². The first-order chi connectivity index (χ1) is 8.96. The lowest BCUT2D eigenvalue weighted by Crippen LogP contribution is -2.14. The monoisotopic (exact) mass is 279 g/mol. The van der Waals surface area contributed by atoms with Gasteiger partial charge in [0.2, 0.25) is 0 Å². The van der Waals surface area contributed by atoms with Gasteiger partial charge < -0.3 is 5.32 Å². The minimum atomic E-state index is -2.93. The molecule has 0 atom stereocenters. The van der Waals surface area contributed by atoms with Gasteiger partial charge in [0.25, 0.3) is 0 Å². The number of H-pyrrole nitrogens is 1. The highest BCUT2D eigenvalue weighted by Gasteiger charge is 2.05. The molecule has 2 rings (SSSR count). The van der Waals surface area contributed by atoms with Gasteiger partial charge in [-0.05, 0) is 24.6 Å². The molecule has 0 saturated carbocycles. The van der Waals surface area contributed by atoms with E-state index in [0.29, 0.717) is 6.54 Å². The minimum absolute atomic E-state index is 0.125. The van der Waals surface area contributed by atoms with E-state index in [2.05, 4.69) is 15.5 Å². The third kappa shape index (κ3) is 3.82. The number of hydrogen-bond acceptors (Lipinski definition) is 4. The lowest BCUT2D eigenvalue weighted by Gasteiger charge is -2.07. The van der Waals surface area contributed by atoms with Crippen molar-refractivity contribution in [2.24, 2.45) is 0 Å². The van der Waals surface area contributed by atoms with Crippen LogP contribution >= 0.6 is 0 Å². The number of nitrogens with zero attached hydrogens (tertiary/aromatic N) is 1. The predicted molar refractivity (Wildman–Crippen MR) is 77.0 cm³/mol. The average Bonchev–Trinajstić information content (AvgIpc) is 2.74. The fourth-order valence-corrected chi connectivity index (χ4v) is 2.28. The van der Waals surface area contributed by atoms with E-state index in [4.69, 9.17) is 0 Å². The Hall–Kier alpha value is -1.82. The van der Waals surface area contributed by atoms with Gasteiger partial charge in [-0.25, -0.2) is 8.42 Å². The second-order valence-electron chi connectivity index (χ2n) is 4.57. The maximum Gasteiger partial charge on any atom is 0.149 e. The molecular formula is C13H17N3O2S. The lowest BCUT2D eigenvalue weighted by atomic mass is 10.1. The number of aromatic amines is 1. The van der Waals surface area contributed by atoms with Crippen LogP contribution in [0.3, 0.4) is 0 Å². The van der Waals surface area contributed by atoms with Crippen LogP contribution in [0.25, 0.3) is 11.3 Å². The molecule has 0 aliphatic heterocycles. The SMILES string of the molecule is Cc1cn[nH]c1-c1cccc(NCCS(C)(=O)=O)c1. The molecule has 0 aliphatic rings. The molecule has 2 N–H and O–H groups in total. The molecule has 0 radical (unpaired) electrons. The summed E-state index contributed by atoms with van der Waals surface area (Å²) in [7, 11) is -2.93. The molecule has 0 aliphatic carbocycles. The van der Waals surface area contributed by atoms with Crippen LogP contribution in [-0.2, 0) is 9.84 Å². The van der Waals surface area contributed by atoms with Crippen molar-refractivity contribution >= 4 is 15.5 Å². The van der Waals surface area contributed by atoms with Crippen LogP contribution in [0.1, 0.15) is 5.56 Å². The second-order valence-corrected chi connectivity index (χ2v) is 6.83. The number of aromatic nitrogens is 2. The van der Waals surface area contributed by atoms with Gasteiger partial charge in [0.15, 0.2) is 0 Å². The Morgan fingerprint density at radius 3 is 2.79 bits per heavy atom. The zero-order valence-corrected chi connectivity index (χ0v) is 11.8. The standard InChI is InChI=1S/C13H17N3O2S/c1-10-9-15-16-13(10)11-4-3-5-12(8-11)14-6-7-19(2,17)18/h3-5,8-9,14H,6-7H2,1-2H3,(H,15,16). The fourth-order valence-electron chi connectivity index (χ4n) is 1.80. The number of sulfone groups is 1. The summed E-state index contributed by atoms with van der Waals surface area (Å²) >= 11 is 0. The number of nitrogens with one attached hydrogen (secondary N) is 2. The Labute approximate surface area is 113 Å². The molecular weight excluding hydrogens is 262 g/mol. The van der Waals surface area contributed by atoms with E-state index in [1.54, 1.807) is 6.20 Å². The van der Waals surface area contributed by atoms with Gasteiger partial charge in [0, 0.05) is 24.1 Å². The van der Waals surface area contributed by atoms with Crippen molar-refractivity contribution in [3.05, 3.63) is 36.0 Å². The first kappa shape index (κ1) is 13.6. The molecule has 6 heteroatoms. The van der Waals surface area contributed by atoms with Gasteiger partial charge in [-0.2, -0.15) is 5.10 Å². The highest BCUT2D eigenvalue weighted by atomic mass is 32.2. The minimum Gasteiger partial charge on any atom is -0.384 e. The molecule has 0 spiro atoms.